The highest BCUT2D eigenvalue weighted by molar-refractivity contribution is 6.08. The van der Waals surface area contributed by atoms with Gasteiger partial charge in [-0.1, -0.05) is 0 Å². The van der Waals surface area contributed by atoms with Crippen LogP contribution in [-0.4, -0.2) is 35.3 Å². The molecule has 6 heteroatoms. The summed E-state index contributed by atoms with van der Waals surface area (Å²) in [6.07, 6.45) is 5.91. The van der Waals surface area contributed by atoms with Gasteiger partial charge in [0.2, 0.25) is 0 Å². The van der Waals surface area contributed by atoms with Crippen molar-refractivity contribution in [3.63, 3.8) is 0 Å². The minimum absolute atomic E-state index is 0.208. The number of rotatable bonds is 8. The third-order valence-corrected chi connectivity index (χ3v) is 3.20. The van der Waals surface area contributed by atoms with Gasteiger partial charge in [-0.25, -0.2) is 14.8 Å². The molecule has 2 aromatic rings. The lowest BCUT2D eigenvalue weighted by atomic mass is 10.2. The van der Waals surface area contributed by atoms with Crippen LogP contribution in [0.4, 0.5) is 0 Å². The first kappa shape index (κ1) is 16.6. The number of hydrogen-bond acceptors (Lipinski definition) is 6. The number of nitrogens with zero attached hydrogens (tertiary/aromatic N) is 2. The van der Waals surface area contributed by atoms with E-state index in [0.29, 0.717) is 13.2 Å². The number of hydrogen-bond donors (Lipinski definition) is 2. The number of aromatic nitrogens is 2. The van der Waals surface area contributed by atoms with Crippen LogP contribution in [0.2, 0.25) is 0 Å². The summed E-state index contributed by atoms with van der Waals surface area (Å²) in [5, 5.41) is 11.3. The lowest BCUT2D eigenvalue weighted by Crippen LogP contribution is -2.15. The van der Waals surface area contributed by atoms with Crippen LogP contribution in [0, 0.1) is 5.41 Å². The van der Waals surface area contributed by atoms with Gasteiger partial charge in [0.25, 0.3) is 0 Å². The molecule has 0 bridgehead atoms. The predicted octanol–water partition coefficient (Wildman–Crippen LogP) is 2.25. The van der Waals surface area contributed by atoms with Crippen LogP contribution in [0.15, 0.2) is 42.2 Å². The third-order valence-electron chi connectivity index (χ3n) is 3.20. The molecule has 2 aromatic heterocycles. The fourth-order valence-electron chi connectivity index (χ4n) is 2.06. The van der Waals surface area contributed by atoms with Gasteiger partial charge in [0.05, 0.1) is 12.2 Å². The highest BCUT2D eigenvalue weighted by atomic mass is 16.5. The zero-order valence-corrected chi connectivity index (χ0v) is 13.1. The van der Waals surface area contributed by atoms with Crippen molar-refractivity contribution in [1.29, 1.82) is 5.41 Å². The molecule has 6 nitrogen and oxygen atoms in total. The van der Waals surface area contributed by atoms with Crippen LogP contribution in [0.3, 0.4) is 0 Å². The maximum absolute atomic E-state index is 11.5. The summed E-state index contributed by atoms with van der Waals surface area (Å²) in [6.45, 7) is 2.71. The number of esters is 1. The second kappa shape index (κ2) is 8.63. The molecule has 2 heterocycles. The van der Waals surface area contributed by atoms with E-state index in [9.17, 15) is 4.79 Å². The van der Waals surface area contributed by atoms with E-state index in [1.807, 2.05) is 24.3 Å². The van der Waals surface area contributed by atoms with Crippen LogP contribution in [-0.2, 0) is 16.0 Å². The Kier molecular flexibility index (Phi) is 6.23. The van der Waals surface area contributed by atoms with Crippen LogP contribution in [0.1, 0.15) is 19.0 Å². The second-order valence-corrected chi connectivity index (χ2v) is 4.87. The van der Waals surface area contributed by atoms with E-state index in [2.05, 4.69) is 15.3 Å². The summed E-state index contributed by atoms with van der Waals surface area (Å²) >= 11 is 0. The topological polar surface area (TPSA) is 88.0 Å². The molecule has 0 radical (unpaired) electrons. The Hall–Kier alpha value is -2.76. The quantitative estimate of drug-likeness (QED) is 0.338. The molecule has 0 aliphatic rings. The van der Waals surface area contributed by atoms with Gasteiger partial charge in [0.15, 0.2) is 5.65 Å². The molecule has 0 aliphatic heterocycles. The van der Waals surface area contributed by atoms with E-state index in [0.717, 1.165) is 35.8 Å². The SMILES string of the molecule is CCOC(=O)/C(C=N)=C/NCCCc1ccc2cccnc2n1. The van der Waals surface area contributed by atoms with E-state index >= 15 is 0 Å². The smallest absolute Gasteiger partial charge is 0.341 e. The van der Waals surface area contributed by atoms with Crippen LogP contribution in [0.25, 0.3) is 11.0 Å². The zero-order chi connectivity index (χ0) is 16.5. The second-order valence-electron chi connectivity index (χ2n) is 4.87. The van der Waals surface area contributed by atoms with E-state index in [1.54, 1.807) is 13.1 Å². The molecule has 23 heavy (non-hydrogen) atoms. The van der Waals surface area contributed by atoms with Crippen molar-refractivity contribution in [2.24, 2.45) is 0 Å². The van der Waals surface area contributed by atoms with Gasteiger partial charge in [-0.3, -0.25) is 0 Å². The van der Waals surface area contributed by atoms with Gasteiger partial charge < -0.3 is 15.5 Å². The predicted molar refractivity (Wildman–Crippen MR) is 89.4 cm³/mol. The maximum Gasteiger partial charge on any atom is 0.341 e. The molecule has 0 saturated carbocycles. The van der Waals surface area contributed by atoms with Crippen LogP contribution < -0.4 is 5.32 Å². The Bertz CT molecular complexity index is 713. The Morgan fingerprint density at radius 1 is 1.39 bits per heavy atom. The van der Waals surface area contributed by atoms with E-state index in [-0.39, 0.29) is 5.57 Å². The van der Waals surface area contributed by atoms with Crippen molar-refractivity contribution in [3.8, 4) is 0 Å². The number of ether oxygens (including phenoxy) is 1. The molecule has 120 valence electrons. The van der Waals surface area contributed by atoms with Gasteiger partial charge >= 0.3 is 5.97 Å². The first-order valence-corrected chi connectivity index (χ1v) is 7.56. The van der Waals surface area contributed by atoms with E-state index < -0.39 is 5.97 Å². The summed E-state index contributed by atoms with van der Waals surface area (Å²) in [6, 6.07) is 7.90. The van der Waals surface area contributed by atoms with Gasteiger partial charge in [-0.15, -0.1) is 0 Å². The molecular formula is C17H20N4O2. The van der Waals surface area contributed by atoms with Crippen LogP contribution in [0.5, 0.6) is 0 Å². The maximum atomic E-state index is 11.5. The standard InChI is InChI=1S/C17H20N4O2/c1-2-23-17(22)14(11-18)12-19-9-4-6-15-8-7-13-5-3-10-20-16(13)21-15/h3,5,7-8,10-12,18-19H,2,4,6,9H2,1H3/b14-12+,18-11?. The van der Waals surface area contributed by atoms with Crippen molar-refractivity contribution < 1.29 is 9.53 Å². The number of pyridine rings is 2. The number of aryl methyl sites for hydroxylation is 1. The third kappa shape index (κ3) is 4.88. The highest BCUT2D eigenvalue weighted by Crippen LogP contribution is 2.10. The average Bonchev–Trinajstić information content (AvgIpc) is 2.58. The van der Waals surface area contributed by atoms with E-state index in [4.69, 9.17) is 10.1 Å². The molecule has 0 aliphatic carbocycles. The molecule has 0 saturated heterocycles. The lowest BCUT2D eigenvalue weighted by Gasteiger charge is -2.05. The first-order valence-electron chi connectivity index (χ1n) is 7.56. The molecule has 0 amide bonds. The molecule has 2 rings (SSSR count). The Labute approximate surface area is 135 Å². The van der Waals surface area contributed by atoms with Crippen molar-refractivity contribution in [2.75, 3.05) is 13.2 Å². The largest absolute Gasteiger partial charge is 0.462 e. The number of carbonyl (C=O) groups is 1. The Morgan fingerprint density at radius 3 is 3.04 bits per heavy atom. The van der Waals surface area contributed by atoms with Crippen molar-refractivity contribution in [2.45, 2.75) is 19.8 Å². The summed E-state index contributed by atoms with van der Waals surface area (Å²) in [4.78, 5) is 20.2. The number of fused-ring (bicyclic) bond motifs is 1. The zero-order valence-electron chi connectivity index (χ0n) is 13.1. The van der Waals surface area contributed by atoms with Gasteiger partial charge in [0, 0.05) is 36.2 Å². The van der Waals surface area contributed by atoms with Gasteiger partial charge in [0.1, 0.15) is 0 Å². The number of carbonyl (C=O) groups excluding carboxylic acids is 1. The molecular weight excluding hydrogens is 292 g/mol. The first-order chi connectivity index (χ1) is 11.2. The summed E-state index contributed by atoms with van der Waals surface area (Å²) < 4.78 is 4.85. The average molecular weight is 312 g/mol. The van der Waals surface area contributed by atoms with E-state index in [1.165, 1.54) is 6.20 Å². The Morgan fingerprint density at radius 2 is 2.26 bits per heavy atom. The highest BCUT2D eigenvalue weighted by Gasteiger charge is 2.06. The fourth-order valence-corrected chi connectivity index (χ4v) is 2.06. The molecule has 0 fully saturated rings. The summed E-state index contributed by atoms with van der Waals surface area (Å²) in [5.41, 5.74) is 1.95. The lowest BCUT2D eigenvalue weighted by molar-refractivity contribution is -0.137. The minimum Gasteiger partial charge on any atom is -0.462 e. The monoisotopic (exact) mass is 312 g/mol. The molecule has 2 N–H and O–H groups in total. The molecule has 0 aromatic carbocycles. The van der Waals surface area contributed by atoms with Crippen molar-refractivity contribution in [1.82, 2.24) is 15.3 Å². The van der Waals surface area contributed by atoms with Crippen LogP contribution >= 0.6 is 0 Å². The van der Waals surface area contributed by atoms with Crippen molar-refractivity contribution in [3.05, 3.63) is 47.9 Å². The van der Waals surface area contributed by atoms with Gasteiger partial charge in [-0.2, -0.15) is 0 Å². The number of nitrogens with one attached hydrogen (secondary N) is 2. The molecule has 0 spiro atoms. The van der Waals surface area contributed by atoms with Gasteiger partial charge in [-0.05, 0) is 44.0 Å². The van der Waals surface area contributed by atoms with Crippen molar-refractivity contribution >= 4 is 23.2 Å². The summed E-state index contributed by atoms with van der Waals surface area (Å²) in [5.74, 6) is -0.489. The Balaban J connectivity index is 1.82. The molecule has 0 unspecified atom stereocenters. The fraction of sp³-hybridized carbons (Fsp3) is 0.294. The molecule has 0 atom stereocenters. The normalized spacial score (nSPS) is 11.3. The minimum atomic E-state index is -0.489. The summed E-state index contributed by atoms with van der Waals surface area (Å²) in [7, 11) is 0.